The number of aromatic nitrogens is 3. The minimum atomic E-state index is 1.01. The van der Waals surface area contributed by atoms with Crippen molar-refractivity contribution in [3.63, 3.8) is 0 Å². The second-order valence-corrected chi connectivity index (χ2v) is 4.74. The van der Waals surface area contributed by atoms with Gasteiger partial charge in [-0.3, -0.25) is 4.98 Å². The Bertz CT molecular complexity index is 682. The molecule has 90 valence electrons. The molecule has 18 heavy (non-hydrogen) atoms. The van der Waals surface area contributed by atoms with Gasteiger partial charge in [0, 0.05) is 36.8 Å². The fourth-order valence-corrected chi connectivity index (χ4v) is 2.23. The molecule has 3 heterocycles. The van der Waals surface area contributed by atoms with Gasteiger partial charge in [0.15, 0.2) is 0 Å². The summed E-state index contributed by atoms with van der Waals surface area (Å²) in [6, 6.07) is 6.28. The number of rotatable bonds is 1. The van der Waals surface area contributed by atoms with Crippen molar-refractivity contribution in [2.45, 2.75) is 13.8 Å². The molecule has 3 nitrogen and oxygen atoms in total. The van der Waals surface area contributed by atoms with Crippen LogP contribution in [0.1, 0.15) is 11.1 Å². The molecule has 1 aromatic heterocycles. The topological polar surface area (TPSA) is 30.7 Å². The Balaban J connectivity index is 2.24. The quantitative estimate of drug-likeness (QED) is 0.650. The normalized spacial score (nSPS) is 11.1. The monoisotopic (exact) mass is 237 g/mol. The molecule has 0 amide bonds. The van der Waals surface area contributed by atoms with Crippen LogP contribution in [0, 0.1) is 13.8 Å². The predicted octanol–water partition coefficient (Wildman–Crippen LogP) is 3.20. The average molecular weight is 237 g/mol. The molecule has 0 N–H and O–H groups in total. The molecule has 0 aliphatic carbocycles. The van der Waals surface area contributed by atoms with Gasteiger partial charge in [-0.25, -0.2) is 4.98 Å². The first-order valence-corrected chi connectivity index (χ1v) is 6.00. The summed E-state index contributed by atoms with van der Waals surface area (Å²) < 4.78 is 2.06. The maximum absolute atomic E-state index is 4.44. The van der Waals surface area contributed by atoms with Gasteiger partial charge in [0.1, 0.15) is 5.82 Å². The van der Waals surface area contributed by atoms with Gasteiger partial charge < -0.3 is 4.57 Å². The van der Waals surface area contributed by atoms with Crippen molar-refractivity contribution >= 4 is 0 Å². The zero-order chi connectivity index (χ0) is 12.7. The summed E-state index contributed by atoms with van der Waals surface area (Å²) in [5.74, 6) is 1.02. The van der Waals surface area contributed by atoms with Crippen LogP contribution >= 0.6 is 0 Å². The first-order chi connectivity index (χ1) is 8.65. The van der Waals surface area contributed by atoms with E-state index in [0.717, 1.165) is 17.1 Å². The maximum atomic E-state index is 4.44. The molecule has 0 radical (unpaired) electrons. The molecule has 2 aliphatic heterocycles. The second kappa shape index (κ2) is 3.95. The Morgan fingerprint density at radius 1 is 1.11 bits per heavy atom. The highest BCUT2D eigenvalue weighted by Crippen LogP contribution is 2.29. The van der Waals surface area contributed by atoms with Gasteiger partial charge in [0.05, 0.1) is 5.69 Å². The number of pyridine rings is 2. The van der Waals surface area contributed by atoms with E-state index < -0.39 is 0 Å². The van der Waals surface area contributed by atoms with Crippen LogP contribution in [0.5, 0.6) is 0 Å². The van der Waals surface area contributed by atoms with Gasteiger partial charge in [-0.1, -0.05) is 0 Å². The Hall–Kier alpha value is -2.16. The molecule has 0 bridgehead atoms. The van der Waals surface area contributed by atoms with E-state index in [0.29, 0.717) is 0 Å². The predicted molar refractivity (Wildman–Crippen MR) is 72.5 cm³/mol. The van der Waals surface area contributed by atoms with Crippen LogP contribution in [-0.4, -0.2) is 14.5 Å². The van der Waals surface area contributed by atoms with Crippen LogP contribution in [0.2, 0.25) is 0 Å². The number of aryl methyl sites for hydroxylation is 3. The lowest BCUT2D eigenvalue weighted by molar-refractivity contribution is 0.891. The van der Waals surface area contributed by atoms with E-state index in [1.807, 2.05) is 25.5 Å². The van der Waals surface area contributed by atoms with E-state index in [1.165, 1.54) is 16.7 Å². The van der Waals surface area contributed by atoms with Crippen LogP contribution < -0.4 is 0 Å². The van der Waals surface area contributed by atoms with Crippen molar-refractivity contribution in [2.75, 3.05) is 0 Å². The molecule has 0 atom stereocenters. The third-order valence-electron chi connectivity index (χ3n) is 3.22. The van der Waals surface area contributed by atoms with Crippen LogP contribution in [0.15, 0.2) is 36.8 Å². The molecular formula is C15H15N3. The molecule has 0 aromatic carbocycles. The van der Waals surface area contributed by atoms with Gasteiger partial charge in [-0.05, 0) is 43.2 Å². The van der Waals surface area contributed by atoms with Crippen molar-refractivity contribution in [3.8, 4) is 22.6 Å². The Morgan fingerprint density at radius 2 is 1.94 bits per heavy atom. The summed E-state index contributed by atoms with van der Waals surface area (Å²) in [5, 5.41) is 0. The molecule has 0 spiro atoms. The van der Waals surface area contributed by atoms with Crippen molar-refractivity contribution in [1.29, 1.82) is 0 Å². The van der Waals surface area contributed by atoms with Crippen molar-refractivity contribution in [2.24, 2.45) is 7.05 Å². The lowest BCUT2D eigenvalue weighted by Crippen LogP contribution is -1.99. The summed E-state index contributed by atoms with van der Waals surface area (Å²) in [7, 11) is 2.02. The molecule has 0 unspecified atom stereocenters. The third kappa shape index (κ3) is 1.68. The molecule has 3 rings (SSSR count). The Morgan fingerprint density at radius 3 is 2.72 bits per heavy atom. The SMILES string of the molecule is Cc1ccnc(-c2cc3c(C)cnc-3n(C)c2)c1. The van der Waals surface area contributed by atoms with Crippen LogP contribution in [0.4, 0.5) is 0 Å². The average Bonchev–Trinajstić information content (AvgIpc) is 2.72. The van der Waals surface area contributed by atoms with E-state index in [1.54, 1.807) is 0 Å². The van der Waals surface area contributed by atoms with Gasteiger partial charge in [0.2, 0.25) is 0 Å². The molecule has 3 heteroatoms. The fraction of sp³-hybridized carbons (Fsp3) is 0.200. The molecule has 2 aliphatic rings. The highest BCUT2D eigenvalue weighted by Gasteiger charge is 2.13. The minimum absolute atomic E-state index is 1.01. The highest BCUT2D eigenvalue weighted by molar-refractivity contribution is 5.71. The van der Waals surface area contributed by atoms with Gasteiger partial charge >= 0.3 is 0 Å². The van der Waals surface area contributed by atoms with E-state index in [4.69, 9.17) is 0 Å². The Labute approximate surface area is 106 Å². The van der Waals surface area contributed by atoms with E-state index in [2.05, 4.69) is 46.7 Å². The summed E-state index contributed by atoms with van der Waals surface area (Å²) in [5.41, 5.74) is 5.76. The number of fused-ring (bicyclic) bond motifs is 1. The first-order valence-electron chi connectivity index (χ1n) is 6.00. The largest absolute Gasteiger partial charge is 0.335 e. The summed E-state index contributed by atoms with van der Waals surface area (Å²) in [4.78, 5) is 8.85. The number of hydrogen-bond acceptors (Lipinski definition) is 2. The molecule has 0 saturated carbocycles. The number of hydrogen-bond donors (Lipinski definition) is 0. The van der Waals surface area contributed by atoms with Gasteiger partial charge in [0.25, 0.3) is 0 Å². The molecule has 0 saturated heterocycles. The smallest absolute Gasteiger partial charge is 0.139 e. The summed E-state index contributed by atoms with van der Waals surface area (Å²) in [6.07, 6.45) is 5.85. The Kier molecular flexibility index (Phi) is 2.40. The third-order valence-corrected chi connectivity index (χ3v) is 3.22. The zero-order valence-electron chi connectivity index (χ0n) is 10.8. The maximum Gasteiger partial charge on any atom is 0.139 e. The highest BCUT2D eigenvalue weighted by atomic mass is 15.0. The molecular weight excluding hydrogens is 222 g/mol. The van der Waals surface area contributed by atoms with E-state index in [9.17, 15) is 0 Å². The van der Waals surface area contributed by atoms with Crippen molar-refractivity contribution < 1.29 is 0 Å². The molecule has 1 aromatic rings. The summed E-state index contributed by atoms with van der Waals surface area (Å²) in [6.45, 7) is 4.17. The van der Waals surface area contributed by atoms with Crippen molar-refractivity contribution in [3.05, 3.63) is 47.9 Å². The fourth-order valence-electron chi connectivity index (χ4n) is 2.23. The first kappa shape index (κ1) is 11.0. The lowest BCUT2D eigenvalue weighted by Gasteiger charge is -2.11. The minimum Gasteiger partial charge on any atom is -0.335 e. The molecule has 0 fully saturated rings. The zero-order valence-corrected chi connectivity index (χ0v) is 10.8. The van der Waals surface area contributed by atoms with Crippen LogP contribution in [0.3, 0.4) is 0 Å². The van der Waals surface area contributed by atoms with E-state index >= 15 is 0 Å². The number of nitrogens with zero attached hydrogens (tertiary/aromatic N) is 3. The van der Waals surface area contributed by atoms with Crippen LogP contribution in [0.25, 0.3) is 22.6 Å². The van der Waals surface area contributed by atoms with E-state index in [-0.39, 0.29) is 0 Å². The lowest BCUT2D eigenvalue weighted by atomic mass is 10.1. The van der Waals surface area contributed by atoms with Crippen LogP contribution in [-0.2, 0) is 7.05 Å². The summed E-state index contributed by atoms with van der Waals surface area (Å²) >= 11 is 0. The second-order valence-electron chi connectivity index (χ2n) is 4.74. The van der Waals surface area contributed by atoms with Crippen molar-refractivity contribution in [1.82, 2.24) is 14.5 Å². The standard InChI is InChI=1S/C15H15N3/c1-10-4-5-16-14(6-10)12-7-13-11(2)8-17-15(13)18(3)9-12/h4-9H,1-3H3. The van der Waals surface area contributed by atoms with Gasteiger partial charge in [-0.15, -0.1) is 0 Å². The van der Waals surface area contributed by atoms with Gasteiger partial charge in [-0.2, -0.15) is 0 Å².